The highest BCUT2D eigenvalue weighted by Crippen LogP contribution is 2.33. The van der Waals surface area contributed by atoms with Crippen LogP contribution < -0.4 is 15.0 Å². The minimum Gasteiger partial charge on any atom is -0.488 e. The number of ether oxygens (including phenoxy) is 2. The highest BCUT2D eigenvalue weighted by atomic mass is 16.5. The Kier molecular flexibility index (Phi) is 6.21. The number of anilines is 2. The van der Waals surface area contributed by atoms with Gasteiger partial charge >= 0.3 is 5.97 Å². The van der Waals surface area contributed by atoms with Crippen molar-refractivity contribution in [2.45, 2.75) is 37.8 Å². The smallest absolute Gasteiger partial charge is 0.354 e. The van der Waals surface area contributed by atoms with E-state index in [1.807, 2.05) is 0 Å². The van der Waals surface area contributed by atoms with Crippen LogP contribution in [0.25, 0.3) is 11.0 Å². The highest BCUT2D eigenvalue weighted by Gasteiger charge is 2.24. The van der Waals surface area contributed by atoms with Crippen molar-refractivity contribution in [2.24, 2.45) is 0 Å². The van der Waals surface area contributed by atoms with E-state index in [2.05, 4.69) is 37.3 Å². The van der Waals surface area contributed by atoms with Gasteiger partial charge in [-0.05, 0) is 43.9 Å². The molecule has 0 unspecified atom stereocenters. The van der Waals surface area contributed by atoms with E-state index in [-0.39, 0.29) is 11.8 Å². The summed E-state index contributed by atoms with van der Waals surface area (Å²) >= 11 is 0. The zero-order chi connectivity index (χ0) is 22.6. The van der Waals surface area contributed by atoms with E-state index in [9.17, 15) is 4.79 Å². The first-order chi connectivity index (χ1) is 16.2. The molecule has 0 bridgehead atoms. The van der Waals surface area contributed by atoms with Crippen molar-refractivity contribution in [1.82, 2.24) is 15.0 Å². The number of carbonyl (C=O) groups is 1. The van der Waals surface area contributed by atoms with Crippen LogP contribution in [0.1, 0.15) is 36.2 Å². The van der Waals surface area contributed by atoms with E-state index in [1.54, 1.807) is 24.7 Å². The van der Waals surface area contributed by atoms with Gasteiger partial charge in [-0.1, -0.05) is 0 Å². The van der Waals surface area contributed by atoms with Gasteiger partial charge in [0.05, 0.1) is 36.7 Å². The second-order valence-corrected chi connectivity index (χ2v) is 8.44. The van der Waals surface area contributed by atoms with Crippen LogP contribution in [0.15, 0.2) is 42.9 Å². The van der Waals surface area contributed by atoms with Crippen molar-refractivity contribution in [3.05, 3.63) is 48.5 Å². The lowest BCUT2D eigenvalue weighted by atomic mass is 9.92. The molecule has 1 aliphatic heterocycles. The third kappa shape index (κ3) is 4.98. The fourth-order valence-corrected chi connectivity index (χ4v) is 4.47. The first kappa shape index (κ1) is 21.4. The topological polar surface area (TPSA) is 110 Å². The van der Waals surface area contributed by atoms with Gasteiger partial charge in [0.1, 0.15) is 17.0 Å². The van der Waals surface area contributed by atoms with Crippen LogP contribution in [0.3, 0.4) is 0 Å². The molecule has 1 saturated heterocycles. The number of aromatic carboxylic acids is 1. The average molecular weight is 450 g/mol. The Morgan fingerprint density at radius 1 is 1.06 bits per heavy atom. The predicted molar refractivity (Wildman–Crippen MR) is 124 cm³/mol. The van der Waals surface area contributed by atoms with Crippen molar-refractivity contribution in [2.75, 3.05) is 36.5 Å². The Labute approximate surface area is 191 Å². The number of rotatable bonds is 6. The van der Waals surface area contributed by atoms with E-state index in [0.717, 1.165) is 80.1 Å². The molecule has 3 heterocycles. The standard InChI is InChI=1S/C24H27N5O4/c30-24(31)20-6-3-17(15-27-20)28-16-1-4-19(5-2-16)33-22-14-18(29-9-11-32-12-10-29)13-21-23(22)26-8-7-25-21/h3,6-8,13-16,19,28H,1-2,4-5,9-12H2,(H,30,31). The molecule has 1 aromatic carbocycles. The molecular formula is C24H27N5O4. The van der Waals surface area contributed by atoms with Crippen molar-refractivity contribution in [3.63, 3.8) is 0 Å². The molecule has 2 aliphatic rings. The summed E-state index contributed by atoms with van der Waals surface area (Å²) in [6.07, 6.45) is 8.85. The van der Waals surface area contributed by atoms with Crippen LogP contribution in [0.5, 0.6) is 5.75 Å². The summed E-state index contributed by atoms with van der Waals surface area (Å²) < 4.78 is 12.0. The molecule has 33 heavy (non-hydrogen) atoms. The van der Waals surface area contributed by atoms with Gasteiger partial charge in [-0.25, -0.2) is 14.8 Å². The lowest BCUT2D eigenvalue weighted by Gasteiger charge is -2.31. The number of benzene rings is 1. The number of nitrogens with zero attached hydrogens (tertiary/aromatic N) is 4. The first-order valence-electron chi connectivity index (χ1n) is 11.4. The maximum Gasteiger partial charge on any atom is 0.354 e. The maximum absolute atomic E-state index is 11.0. The summed E-state index contributed by atoms with van der Waals surface area (Å²) in [5.41, 5.74) is 3.61. The fraction of sp³-hybridized carbons (Fsp3) is 0.417. The van der Waals surface area contributed by atoms with Gasteiger partial charge in [0.2, 0.25) is 0 Å². The van der Waals surface area contributed by atoms with Crippen LogP contribution in [0.4, 0.5) is 11.4 Å². The molecule has 9 heteroatoms. The van der Waals surface area contributed by atoms with E-state index in [0.29, 0.717) is 6.04 Å². The van der Waals surface area contributed by atoms with E-state index >= 15 is 0 Å². The summed E-state index contributed by atoms with van der Waals surface area (Å²) in [6, 6.07) is 7.75. The van der Waals surface area contributed by atoms with E-state index in [1.165, 1.54) is 6.07 Å². The Hall–Kier alpha value is -3.46. The van der Waals surface area contributed by atoms with E-state index < -0.39 is 5.97 Å². The largest absolute Gasteiger partial charge is 0.488 e. The van der Waals surface area contributed by atoms with Gasteiger partial charge in [-0.2, -0.15) is 0 Å². The van der Waals surface area contributed by atoms with Crippen molar-refractivity contribution < 1.29 is 19.4 Å². The Bertz CT molecular complexity index is 1110. The number of fused-ring (bicyclic) bond motifs is 1. The molecule has 9 nitrogen and oxygen atoms in total. The third-order valence-electron chi connectivity index (χ3n) is 6.22. The van der Waals surface area contributed by atoms with Crippen LogP contribution in [-0.4, -0.2) is 64.5 Å². The Morgan fingerprint density at radius 3 is 2.58 bits per heavy atom. The average Bonchev–Trinajstić information content (AvgIpc) is 2.86. The second kappa shape index (κ2) is 9.58. The summed E-state index contributed by atoms with van der Waals surface area (Å²) in [7, 11) is 0. The molecule has 3 aromatic rings. The molecule has 2 N–H and O–H groups in total. The summed E-state index contributed by atoms with van der Waals surface area (Å²) in [5.74, 6) is -0.235. The highest BCUT2D eigenvalue weighted by molar-refractivity contribution is 5.86. The predicted octanol–water partition coefficient (Wildman–Crippen LogP) is 3.36. The summed E-state index contributed by atoms with van der Waals surface area (Å²) in [4.78, 5) is 26.3. The van der Waals surface area contributed by atoms with Gasteiger partial charge in [0, 0.05) is 43.3 Å². The zero-order valence-electron chi connectivity index (χ0n) is 18.3. The molecule has 2 fully saturated rings. The molecular weight excluding hydrogens is 422 g/mol. The number of morpholine rings is 1. The molecule has 2 aromatic heterocycles. The minimum absolute atomic E-state index is 0.0484. The molecule has 1 aliphatic carbocycles. The van der Waals surface area contributed by atoms with Gasteiger partial charge < -0.3 is 24.8 Å². The Balaban J connectivity index is 1.24. The number of carboxylic acid groups (broad SMARTS) is 1. The first-order valence-corrected chi connectivity index (χ1v) is 11.4. The van der Waals surface area contributed by atoms with Crippen LogP contribution in [0.2, 0.25) is 0 Å². The molecule has 5 rings (SSSR count). The number of hydrogen-bond donors (Lipinski definition) is 2. The number of pyridine rings is 1. The van der Waals surface area contributed by atoms with Crippen LogP contribution >= 0.6 is 0 Å². The second-order valence-electron chi connectivity index (χ2n) is 8.44. The van der Waals surface area contributed by atoms with Gasteiger partial charge in [0.15, 0.2) is 0 Å². The number of carboxylic acids is 1. The van der Waals surface area contributed by atoms with E-state index in [4.69, 9.17) is 14.6 Å². The monoisotopic (exact) mass is 449 g/mol. The number of nitrogens with one attached hydrogen (secondary N) is 1. The molecule has 1 saturated carbocycles. The Morgan fingerprint density at radius 2 is 1.85 bits per heavy atom. The van der Waals surface area contributed by atoms with Gasteiger partial charge in [0.25, 0.3) is 0 Å². The fourth-order valence-electron chi connectivity index (χ4n) is 4.47. The quantitative estimate of drug-likeness (QED) is 0.585. The number of aromatic nitrogens is 3. The molecule has 0 spiro atoms. The summed E-state index contributed by atoms with van der Waals surface area (Å²) in [6.45, 7) is 3.15. The SMILES string of the molecule is O=C(O)c1ccc(NC2CCC(Oc3cc(N4CCOCC4)cc4nccnc34)CC2)cn1. The molecule has 0 amide bonds. The summed E-state index contributed by atoms with van der Waals surface area (Å²) in [5, 5.41) is 12.5. The minimum atomic E-state index is -1.02. The molecule has 0 atom stereocenters. The number of hydrogen-bond acceptors (Lipinski definition) is 8. The molecule has 0 radical (unpaired) electrons. The lowest BCUT2D eigenvalue weighted by Crippen LogP contribution is -2.36. The van der Waals surface area contributed by atoms with Crippen molar-refractivity contribution in [1.29, 1.82) is 0 Å². The van der Waals surface area contributed by atoms with Crippen LogP contribution in [-0.2, 0) is 4.74 Å². The maximum atomic E-state index is 11.0. The van der Waals surface area contributed by atoms with Crippen molar-refractivity contribution in [3.8, 4) is 5.75 Å². The van der Waals surface area contributed by atoms with Crippen LogP contribution in [0, 0.1) is 0 Å². The normalized spacial score (nSPS) is 21.0. The third-order valence-corrected chi connectivity index (χ3v) is 6.22. The van der Waals surface area contributed by atoms with Gasteiger partial charge in [-0.15, -0.1) is 0 Å². The van der Waals surface area contributed by atoms with Crippen molar-refractivity contribution >= 4 is 28.4 Å². The molecule has 172 valence electrons. The van der Waals surface area contributed by atoms with Gasteiger partial charge in [-0.3, -0.25) is 4.98 Å². The lowest BCUT2D eigenvalue weighted by molar-refractivity contribution is 0.0690. The zero-order valence-corrected chi connectivity index (χ0v) is 18.3.